The first-order chi connectivity index (χ1) is 9.16. The predicted molar refractivity (Wildman–Crippen MR) is 72.4 cm³/mol. The molecule has 19 heavy (non-hydrogen) atoms. The first-order valence-electron chi connectivity index (χ1n) is 5.48. The third-order valence-corrected chi connectivity index (χ3v) is 2.37. The Bertz CT molecular complexity index is 626. The van der Waals surface area contributed by atoms with Crippen LogP contribution in [0.25, 0.3) is 0 Å². The molecule has 0 bridgehead atoms. The molecule has 0 heterocycles. The highest BCUT2D eigenvalue weighted by Crippen LogP contribution is 2.22. The standard InChI is InChI=1S/C13H11N3O3/c17-11-5-3-4-10(8-11)9-14-15-12-6-1-2-7-13(12)16(18)19/h1-9,15,17H. The second-order valence-corrected chi connectivity index (χ2v) is 3.74. The zero-order valence-electron chi connectivity index (χ0n) is 9.85. The molecule has 0 unspecified atom stereocenters. The lowest BCUT2D eigenvalue weighted by Gasteiger charge is -2.01. The van der Waals surface area contributed by atoms with Crippen molar-refractivity contribution in [3.8, 4) is 5.75 Å². The van der Waals surface area contributed by atoms with E-state index in [9.17, 15) is 15.2 Å². The molecule has 0 aliphatic carbocycles. The van der Waals surface area contributed by atoms with E-state index in [0.29, 0.717) is 11.3 Å². The molecule has 2 aromatic carbocycles. The van der Waals surface area contributed by atoms with Crippen LogP contribution in [-0.2, 0) is 0 Å². The van der Waals surface area contributed by atoms with Gasteiger partial charge in [-0.05, 0) is 23.8 Å². The third-order valence-electron chi connectivity index (χ3n) is 2.37. The van der Waals surface area contributed by atoms with E-state index in [2.05, 4.69) is 10.5 Å². The average molecular weight is 257 g/mol. The lowest BCUT2D eigenvalue weighted by molar-refractivity contribution is -0.384. The number of phenolic OH excluding ortho intramolecular Hbond substituents is 1. The van der Waals surface area contributed by atoms with E-state index in [0.717, 1.165) is 0 Å². The van der Waals surface area contributed by atoms with Crippen molar-refractivity contribution >= 4 is 17.6 Å². The first-order valence-corrected chi connectivity index (χ1v) is 5.48. The van der Waals surface area contributed by atoms with E-state index in [1.165, 1.54) is 18.3 Å². The minimum Gasteiger partial charge on any atom is -0.508 e. The predicted octanol–water partition coefficient (Wildman–Crippen LogP) is 2.75. The number of para-hydroxylation sites is 2. The maximum absolute atomic E-state index is 10.8. The van der Waals surface area contributed by atoms with Gasteiger partial charge in [0, 0.05) is 6.07 Å². The number of benzene rings is 2. The van der Waals surface area contributed by atoms with Crippen LogP contribution < -0.4 is 5.43 Å². The number of nitro groups is 1. The van der Waals surface area contributed by atoms with Crippen LogP contribution in [0.1, 0.15) is 5.56 Å². The summed E-state index contributed by atoms with van der Waals surface area (Å²) in [6.07, 6.45) is 1.47. The average Bonchev–Trinajstić information content (AvgIpc) is 2.39. The Kier molecular flexibility index (Phi) is 3.72. The number of hydrogen-bond acceptors (Lipinski definition) is 5. The minimum absolute atomic E-state index is 0.0458. The summed E-state index contributed by atoms with van der Waals surface area (Å²) >= 11 is 0. The van der Waals surface area contributed by atoms with Crippen LogP contribution in [0, 0.1) is 10.1 Å². The number of nitrogens with zero attached hydrogens (tertiary/aromatic N) is 2. The van der Waals surface area contributed by atoms with Crippen molar-refractivity contribution in [3.63, 3.8) is 0 Å². The van der Waals surface area contributed by atoms with Crippen LogP contribution in [0.4, 0.5) is 11.4 Å². The molecular weight excluding hydrogens is 246 g/mol. The summed E-state index contributed by atoms with van der Waals surface area (Å²) in [6, 6.07) is 12.7. The van der Waals surface area contributed by atoms with Gasteiger partial charge in [0.15, 0.2) is 0 Å². The summed E-state index contributed by atoms with van der Waals surface area (Å²) in [6.45, 7) is 0. The molecule has 0 amide bonds. The summed E-state index contributed by atoms with van der Waals surface area (Å²) in [4.78, 5) is 10.3. The number of hydrazone groups is 1. The number of aromatic hydroxyl groups is 1. The highest BCUT2D eigenvalue weighted by Gasteiger charge is 2.10. The van der Waals surface area contributed by atoms with Crippen LogP contribution in [0.3, 0.4) is 0 Å². The molecule has 96 valence electrons. The van der Waals surface area contributed by atoms with Crippen LogP contribution in [-0.4, -0.2) is 16.2 Å². The number of phenols is 1. The van der Waals surface area contributed by atoms with Crippen LogP contribution >= 0.6 is 0 Å². The number of hydrogen-bond donors (Lipinski definition) is 2. The zero-order valence-corrected chi connectivity index (χ0v) is 9.85. The van der Waals surface area contributed by atoms with Gasteiger partial charge >= 0.3 is 0 Å². The van der Waals surface area contributed by atoms with Crippen molar-refractivity contribution in [2.75, 3.05) is 5.43 Å². The Morgan fingerprint density at radius 1 is 1.21 bits per heavy atom. The number of nitrogens with one attached hydrogen (secondary N) is 1. The Labute approximate surface area is 109 Å². The zero-order chi connectivity index (χ0) is 13.7. The van der Waals surface area contributed by atoms with Gasteiger partial charge in [0.2, 0.25) is 0 Å². The lowest BCUT2D eigenvalue weighted by Crippen LogP contribution is -1.96. The van der Waals surface area contributed by atoms with Crippen molar-refractivity contribution in [2.24, 2.45) is 5.10 Å². The monoisotopic (exact) mass is 257 g/mol. The van der Waals surface area contributed by atoms with E-state index < -0.39 is 4.92 Å². The summed E-state index contributed by atoms with van der Waals surface area (Å²) in [5.41, 5.74) is 3.56. The quantitative estimate of drug-likeness (QED) is 0.500. The Morgan fingerprint density at radius 3 is 2.74 bits per heavy atom. The van der Waals surface area contributed by atoms with Crippen LogP contribution in [0.2, 0.25) is 0 Å². The topological polar surface area (TPSA) is 87.8 Å². The summed E-state index contributed by atoms with van der Waals surface area (Å²) in [5, 5.41) is 24.0. The van der Waals surface area contributed by atoms with Gasteiger partial charge in [-0.15, -0.1) is 0 Å². The summed E-state index contributed by atoms with van der Waals surface area (Å²) < 4.78 is 0. The van der Waals surface area contributed by atoms with Gasteiger partial charge in [-0.25, -0.2) is 0 Å². The van der Waals surface area contributed by atoms with Crippen molar-refractivity contribution in [1.29, 1.82) is 0 Å². The van der Waals surface area contributed by atoms with Gasteiger partial charge in [-0.1, -0.05) is 24.3 Å². The summed E-state index contributed by atoms with van der Waals surface area (Å²) in [7, 11) is 0. The van der Waals surface area contributed by atoms with Gasteiger partial charge in [0.1, 0.15) is 11.4 Å². The molecule has 0 saturated heterocycles. The molecule has 6 heteroatoms. The largest absolute Gasteiger partial charge is 0.508 e. The molecule has 2 aromatic rings. The second-order valence-electron chi connectivity index (χ2n) is 3.74. The van der Waals surface area contributed by atoms with E-state index in [-0.39, 0.29) is 11.4 Å². The van der Waals surface area contributed by atoms with Crippen molar-refractivity contribution < 1.29 is 10.0 Å². The second kappa shape index (κ2) is 5.63. The van der Waals surface area contributed by atoms with Gasteiger partial charge in [0.05, 0.1) is 11.1 Å². The molecule has 0 saturated carbocycles. The minimum atomic E-state index is -0.480. The molecule has 0 radical (unpaired) electrons. The fraction of sp³-hybridized carbons (Fsp3) is 0. The molecule has 0 fully saturated rings. The van der Waals surface area contributed by atoms with Crippen molar-refractivity contribution in [1.82, 2.24) is 0 Å². The summed E-state index contributed by atoms with van der Waals surface area (Å²) in [5.74, 6) is 0.134. The highest BCUT2D eigenvalue weighted by atomic mass is 16.6. The SMILES string of the molecule is O=[N+]([O-])c1ccccc1NN=Cc1cccc(O)c1. The fourth-order valence-electron chi connectivity index (χ4n) is 1.51. The fourth-order valence-corrected chi connectivity index (χ4v) is 1.51. The Hall–Kier alpha value is -2.89. The molecule has 0 spiro atoms. The van der Waals surface area contributed by atoms with Gasteiger partial charge in [-0.3, -0.25) is 15.5 Å². The molecule has 0 aliphatic heterocycles. The maximum Gasteiger partial charge on any atom is 0.294 e. The van der Waals surface area contributed by atoms with E-state index in [1.807, 2.05) is 0 Å². The van der Waals surface area contributed by atoms with E-state index in [1.54, 1.807) is 36.4 Å². The molecule has 2 rings (SSSR count). The third kappa shape index (κ3) is 3.29. The van der Waals surface area contributed by atoms with Crippen LogP contribution in [0.5, 0.6) is 5.75 Å². The van der Waals surface area contributed by atoms with E-state index in [4.69, 9.17) is 0 Å². The lowest BCUT2D eigenvalue weighted by atomic mass is 10.2. The molecule has 6 nitrogen and oxygen atoms in total. The van der Waals surface area contributed by atoms with Crippen molar-refractivity contribution in [2.45, 2.75) is 0 Å². The van der Waals surface area contributed by atoms with Gasteiger partial charge in [0.25, 0.3) is 5.69 Å². The number of rotatable bonds is 4. The van der Waals surface area contributed by atoms with Gasteiger partial charge in [-0.2, -0.15) is 5.10 Å². The normalized spacial score (nSPS) is 10.5. The molecule has 2 N–H and O–H groups in total. The Balaban J connectivity index is 2.13. The molecular formula is C13H11N3O3. The Morgan fingerprint density at radius 2 is 2.00 bits per heavy atom. The van der Waals surface area contributed by atoms with Crippen molar-refractivity contribution in [3.05, 3.63) is 64.2 Å². The van der Waals surface area contributed by atoms with Crippen LogP contribution in [0.15, 0.2) is 53.6 Å². The number of nitro benzene ring substituents is 1. The maximum atomic E-state index is 10.8. The van der Waals surface area contributed by atoms with Gasteiger partial charge < -0.3 is 5.11 Å². The first kappa shape index (κ1) is 12.6. The number of anilines is 1. The molecule has 0 aliphatic rings. The smallest absolute Gasteiger partial charge is 0.294 e. The highest BCUT2D eigenvalue weighted by molar-refractivity contribution is 5.81. The molecule has 0 atom stereocenters. The molecule has 0 aromatic heterocycles. The van der Waals surface area contributed by atoms with E-state index >= 15 is 0 Å².